The van der Waals surface area contributed by atoms with Gasteiger partial charge in [0.05, 0.1) is 5.60 Å². The molecule has 18 heavy (non-hydrogen) atoms. The van der Waals surface area contributed by atoms with Gasteiger partial charge in [0, 0.05) is 24.4 Å². The second-order valence-corrected chi connectivity index (χ2v) is 5.68. The van der Waals surface area contributed by atoms with Gasteiger partial charge in [-0.2, -0.15) is 0 Å². The van der Waals surface area contributed by atoms with Crippen molar-refractivity contribution in [2.45, 2.75) is 38.3 Å². The van der Waals surface area contributed by atoms with Crippen LogP contribution in [0.3, 0.4) is 0 Å². The van der Waals surface area contributed by atoms with Crippen LogP contribution in [-0.4, -0.2) is 28.2 Å². The third-order valence-electron chi connectivity index (χ3n) is 3.09. The molecule has 4 nitrogen and oxygen atoms in total. The number of nitrogens with zero attached hydrogens (tertiary/aromatic N) is 1. The molecule has 1 unspecified atom stereocenters. The fourth-order valence-electron chi connectivity index (χ4n) is 2.23. The molecule has 5 heteroatoms. The summed E-state index contributed by atoms with van der Waals surface area (Å²) in [5.41, 5.74) is 6.38. The van der Waals surface area contributed by atoms with E-state index in [1.165, 1.54) is 0 Å². The second-order valence-electron chi connectivity index (χ2n) is 5.24. The lowest BCUT2D eigenvalue weighted by Crippen LogP contribution is -2.40. The van der Waals surface area contributed by atoms with Gasteiger partial charge in [-0.05, 0) is 38.8 Å². The summed E-state index contributed by atoms with van der Waals surface area (Å²) in [5.74, 6) is 0.822. The number of hydrogen-bond acceptors (Lipinski definition) is 4. The Morgan fingerprint density at radius 1 is 1.61 bits per heavy atom. The summed E-state index contributed by atoms with van der Waals surface area (Å²) in [7, 11) is 0. The molecule has 0 aliphatic carbocycles. The fraction of sp³-hybridized carbons (Fsp3) is 0.538. The monoisotopic (exact) mass is 265 g/mol. The van der Waals surface area contributed by atoms with E-state index >= 15 is 0 Å². The van der Waals surface area contributed by atoms with Gasteiger partial charge in [0.25, 0.3) is 0 Å². The SMILES string of the molecule is CC1(C)CC(Nc2cc(C(N)=S)ccn2)CCO1. The van der Waals surface area contributed by atoms with E-state index in [2.05, 4.69) is 24.1 Å². The molecule has 1 atom stereocenters. The zero-order valence-electron chi connectivity index (χ0n) is 10.8. The number of aromatic nitrogens is 1. The van der Waals surface area contributed by atoms with Crippen LogP contribution < -0.4 is 11.1 Å². The number of anilines is 1. The Hall–Kier alpha value is -1.20. The maximum atomic E-state index is 5.69. The van der Waals surface area contributed by atoms with Gasteiger partial charge in [0.2, 0.25) is 0 Å². The van der Waals surface area contributed by atoms with Crippen LogP contribution in [-0.2, 0) is 4.74 Å². The highest BCUT2D eigenvalue weighted by atomic mass is 32.1. The van der Waals surface area contributed by atoms with Crippen molar-refractivity contribution in [3.05, 3.63) is 23.9 Å². The molecule has 1 aliphatic heterocycles. The summed E-state index contributed by atoms with van der Waals surface area (Å²) in [6, 6.07) is 4.09. The number of hydrogen-bond donors (Lipinski definition) is 2. The topological polar surface area (TPSA) is 60.2 Å². The minimum atomic E-state index is -0.0727. The summed E-state index contributed by atoms with van der Waals surface area (Å²) in [6.45, 7) is 5.00. The van der Waals surface area contributed by atoms with Crippen molar-refractivity contribution in [3.63, 3.8) is 0 Å². The van der Waals surface area contributed by atoms with Crippen LogP contribution in [0.4, 0.5) is 5.82 Å². The first kappa shape index (κ1) is 13.2. The molecule has 1 aromatic heterocycles. The third-order valence-corrected chi connectivity index (χ3v) is 3.33. The first-order chi connectivity index (χ1) is 8.46. The number of rotatable bonds is 3. The van der Waals surface area contributed by atoms with Gasteiger partial charge in [0.1, 0.15) is 10.8 Å². The molecular weight excluding hydrogens is 246 g/mol. The average Bonchev–Trinajstić information content (AvgIpc) is 2.28. The van der Waals surface area contributed by atoms with E-state index in [0.717, 1.165) is 30.8 Å². The molecule has 0 bridgehead atoms. The molecule has 1 aromatic rings. The minimum absolute atomic E-state index is 0.0727. The van der Waals surface area contributed by atoms with Crippen LogP contribution in [0.25, 0.3) is 0 Å². The molecule has 0 amide bonds. The Balaban J connectivity index is 2.05. The Labute approximate surface area is 113 Å². The number of nitrogens with one attached hydrogen (secondary N) is 1. The highest BCUT2D eigenvalue weighted by Crippen LogP contribution is 2.26. The molecule has 0 spiro atoms. The zero-order valence-corrected chi connectivity index (χ0v) is 11.6. The summed E-state index contributed by atoms with van der Waals surface area (Å²) in [4.78, 5) is 4.69. The van der Waals surface area contributed by atoms with E-state index in [-0.39, 0.29) is 5.60 Å². The van der Waals surface area contributed by atoms with Crippen molar-refractivity contribution in [2.75, 3.05) is 11.9 Å². The Kier molecular flexibility index (Phi) is 3.82. The van der Waals surface area contributed by atoms with Gasteiger partial charge in [-0.25, -0.2) is 4.98 Å². The molecule has 1 saturated heterocycles. The highest BCUT2D eigenvalue weighted by Gasteiger charge is 2.28. The second kappa shape index (κ2) is 5.20. The first-order valence-electron chi connectivity index (χ1n) is 6.13. The molecule has 3 N–H and O–H groups in total. The number of pyridine rings is 1. The highest BCUT2D eigenvalue weighted by molar-refractivity contribution is 7.80. The van der Waals surface area contributed by atoms with Crippen molar-refractivity contribution in [1.82, 2.24) is 4.98 Å². The van der Waals surface area contributed by atoms with Gasteiger partial charge in [-0.1, -0.05) is 12.2 Å². The van der Waals surface area contributed by atoms with E-state index in [4.69, 9.17) is 22.7 Å². The van der Waals surface area contributed by atoms with E-state index < -0.39 is 0 Å². The van der Waals surface area contributed by atoms with Crippen LogP contribution in [0.2, 0.25) is 0 Å². The van der Waals surface area contributed by atoms with Crippen molar-refractivity contribution in [2.24, 2.45) is 5.73 Å². The molecule has 1 fully saturated rings. The smallest absolute Gasteiger partial charge is 0.126 e. The molecular formula is C13H19N3OS. The lowest BCUT2D eigenvalue weighted by atomic mass is 9.94. The number of thiocarbonyl (C=S) groups is 1. The predicted octanol–water partition coefficient (Wildman–Crippen LogP) is 2.09. The molecule has 0 aromatic carbocycles. The van der Waals surface area contributed by atoms with E-state index in [1.807, 2.05) is 12.1 Å². The molecule has 1 aliphatic rings. The van der Waals surface area contributed by atoms with E-state index in [1.54, 1.807) is 6.20 Å². The fourth-order valence-corrected chi connectivity index (χ4v) is 2.35. The maximum Gasteiger partial charge on any atom is 0.126 e. The quantitative estimate of drug-likeness (QED) is 0.819. The zero-order chi connectivity index (χ0) is 13.2. The van der Waals surface area contributed by atoms with Gasteiger partial charge >= 0.3 is 0 Å². The maximum absolute atomic E-state index is 5.69. The van der Waals surface area contributed by atoms with Crippen molar-refractivity contribution in [1.29, 1.82) is 0 Å². The van der Waals surface area contributed by atoms with E-state index in [0.29, 0.717) is 11.0 Å². The number of ether oxygens (including phenoxy) is 1. The Morgan fingerprint density at radius 2 is 2.39 bits per heavy atom. The largest absolute Gasteiger partial charge is 0.389 e. The van der Waals surface area contributed by atoms with Crippen molar-refractivity contribution in [3.8, 4) is 0 Å². The third kappa shape index (κ3) is 3.40. The van der Waals surface area contributed by atoms with Gasteiger partial charge in [-0.3, -0.25) is 0 Å². The minimum Gasteiger partial charge on any atom is -0.389 e. The van der Waals surface area contributed by atoms with Gasteiger partial charge in [-0.15, -0.1) is 0 Å². The summed E-state index contributed by atoms with van der Waals surface area (Å²) in [5, 5.41) is 3.43. The van der Waals surface area contributed by atoms with Crippen LogP contribution in [0, 0.1) is 0 Å². The predicted molar refractivity (Wildman–Crippen MR) is 76.8 cm³/mol. The normalized spacial score (nSPS) is 22.4. The van der Waals surface area contributed by atoms with Crippen LogP contribution >= 0.6 is 12.2 Å². The van der Waals surface area contributed by atoms with E-state index in [9.17, 15) is 0 Å². The summed E-state index contributed by atoms with van der Waals surface area (Å²) >= 11 is 4.96. The van der Waals surface area contributed by atoms with Gasteiger partial charge in [0.15, 0.2) is 0 Å². The summed E-state index contributed by atoms with van der Waals surface area (Å²) in [6.07, 6.45) is 3.68. The standard InChI is InChI=1S/C13H19N3OS/c1-13(2)8-10(4-6-17-13)16-11-7-9(12(14)18)3-5-15-11/h3,5,7,10H,4,6,8H2,1-2H3,(H2,14,18)(H,15,16). The lowest BCUT2D eigenvalue weighted by molar-refractivity contribution is -0.0553. The molecule has 2 heterocycles. The molecule has 0 saturated carbocycles. The van der Waals surface area contributed by atoms with Crippen LogP contribution in [0.1, 0.15) is 32.3 Å². The van der Waals surface area contributed by atoms with Crippen molar-refractivity contribution >= 4 is 23.0 Å². The van der Waals surface area contributed by atoms with Gasteiger partial charge < -0.3 is 15.8 Å². The molecule has 98 valence electrons. The van der Waals surface area contributed by atoms with Crippen LogP contribution in [0.15, 0.2) is 18.3 Å². The molecule has 0 radical (unpaired) electrons. The average molecular weight is 265 g/mol. The summed E-state index contributed by atoms with van der Waals surface area (Å²) < 4.78 is 5.69. The lowest BCUT2D eigenvalue weighted by Gasteiger charge is -2.36. The number of nitrogens with two attached hydrogens (primary N) is 1. The Morgan fingerprint density at radius 3 is 3.06 bits per heavy atom. The first-order valence-corrected chi connectivity index (χ1v) is 6.53. The Bertz CT molecular complexity index is 448. The molecule has 2 rings (SSSR count). The van der Waals surface area contributed by atoms with Crippen LogP contribution in [0.5, 0.6) is 0 Å². The van der Waals surface area contributed by atoms with Crippen molar-refractivity contribution < 1.29 is 4.74 Å².